The van der Waals surface area contributed by atoms with Gasteiger partial charge in [0.2, 0.25) is 5.95 Å². The number of aromatic nitrogens is 3. The highest BCUT2D eigenvalue weighted by Crippen LogP contribution is 2.63. The van der Waals surface area contributed by atoms with Crippen LogP contribution in [0.25, 0.3) is 50.3 Å². The molecule has 0 bridgehead atoms. The molecule has 0 unspecified atom stereocenters. The van der Waals surface area contributed by atoms with Crippen LogP contribution in [-0.2, 0) is 5.41 Å². The van der Waals surface area contributed by atoms with Crippen LogP contribution in [0.2, 0.25) is 0 Å². The van der Waals surface area contributed by atoms with Gasteiger partial charge < -0.3 is 9.64 Å². The lowest BCUT2D eigenvalue weighted by Gasteiger charge is -2.48. The minimum Gasteiger partial charge on any atom is -0.457 e. The minimum atomic E-state index is -0.690. The molecule has 0 amide bonds. The lowest BCUT2D eigenvalue weighted by molar-refractivity contribution is 0.435. The number of benzene rings is 8. The van der Waals surface area contributed by atoms with Crippen molar-refractivity contribution in [2.75, 3.05) is 4.90 Å². The van der Waals surface area contributed by atoms with Crippen LogP contribution in [0.1, 0.15) is 22.3 Å². The van der Waals surface area contributed by atoms with Crippen LogP contribution < -0.4 is 9.64 Å². The van der Waals surface area contributed by atoms with E-state index in [1.54, 1.807) is 0 Å². The van der Waals surface area contributed by atoms with E-state index >= 15 is 0 Å². The Bertz CT molecular complexity index is 3110. The summed E-state index contributed by atoms with van der Waals surface area (Å²) < 4.78 is 9.27. The molecular formula is C53H34N4O. The van der Waals surface area contributed by atoms with Crippen molar-refractivity contribution in [3.8, 4) is 40.0 Å². The SMILES string of the molecule is c1ccc(-c2cc(-c3ccccc3)nc(-n3c4ccccc4c4cc5c(cc43)Oc3ccccc3C53c4ccccc4N(c4ccccc4)c4ccccc43)n2)cc1. The van der Waals surface area contributed by atoms with Crippen LogP contribution in [-0.4, -0.2) is 14.5 Å². The predicted octanol–water partition coefficient (Wildman–Crippen LogP) is 13.2. The van der Waals surface area contributed by atoms with Gasteiger partial charge in [0, 0.05) is 44.8 Å². The van der Waals surface area contributed by atoms with Gasteiger partial charge >= 0.3 is 0 Å². The van der Waals surface area contributed by atoms with Gasteiger partial charge in [-0.1, -0.05) is 152 Å². The lowest BCUT2D eigenvalue weighted by Crippen LogP contribution is -2.39. The highest BCUT2D eigenvalue weighted by atomic mass is 16.5. The molecule has 0 N–H and O–H groups in total. The number of para-hydroxylation sites is 5. The fourth-order valence-corrected chi connectivity index (χ4v) is 9.45. The largest absolute Gasteiger partial charge is 0.457 e. The molecule has 0 atom stereocenters. The molecule has 0 aliphatic carbocycles. The molecule has 4 heterocycles. The van der Waals surface area contributed by atoms with E-state index < -0.39 is 5.41 Å². The Morgan fingerprint density at radius 2 is 0.931 bits per heavy atom. The van der Waals surface area contributed by atoms with Crippen molar-refractivity contribution in [2.45, 2.75) is 5.41 Å². The van der Waals surface area contributed by atoms with Crippen molar-refractivity contribution in [2.24, 2.45) is 0 Å². The average Bonchev–Trinajstić information content (AvgIpc) is 3.62. The van der Waals surface area contributed by atoms with E-state index in [0.717, 1.165) is 84.0 Å². The molecule has 2 aliphatic heterocycles. The summed E-state index contributed by atoms with van der Waals surface area (Å²) >= 11 is 0. The van der Waals surface area contributed by atoms with Gasteiger partial charge in [0.15, 0.2) is 0 Å². The van der Waals surface area contributed by atoms with Gasteiger partial charge in [-0.3, -0.25) is 4.57 Å². The summed E-state index contributed by atoms with van der Waals surface area (Å²) in [5.74, 6) is 2.24. The Morgan fingerprint density at radius 3 is 1.59 bits per heavy atom. The topological polar surface area (TPSA) is 43.2 Å². The Balaban J connectivity index is 1.18. The van der Waals surface area contributed by atoms with Crippen LogP contribution in [0.4, 0.5) is 17.1 Å². The molecule has 5 heteroatoms. The molecule has 12 rings (SSSR count). The minimum absolute atomic E-state index is 0.601. The first kappa shape index (κ1) is 32.5. The van der Waals surface area contributed by atoms with E-state index in [2.05, 4.69) is 204 Å². The second kappa shape index (κ2) is 12.6. The Kier molecular flexibility index (Phi) is 7.07. The smallest absolute Gasteiger partial charge is 0.235 e. The number of anilines is 3. The van der Waals surface area contributed by atoms with Crippen molar-refractivity contribution in [3.63, 3.8) is 0 Å². The van der Waals surface area contributed by atoms with Gasteiger partial charge in [0.05, 0.1) is 39.2 Å². The maximum absolute atomic E-state index is 7.06. The molecule has 2 aliphatic rings. The molecule has 0 fully saturated rings. The Hall–Kier alpha value is -7.76. The predicted molar refractivity (Wildman–Crippen MR) is 234 cm³/mol. The fraction of sp³-hybridized carbons (Fsp3) is 0.0189. The van der Waals surface area contributed by atoms with Gasteiger partial charge in [0.25, 0.3) is 0 Å². The summed E-state index contributed by atoms with van der Waals surface area (Å²) in [7, 11) is 0. The van der Waals surface area contributed by atoms with Gasteiger partial charge in [0.1, 0.15) is 11.5 Å². The molecule has 58 heavy (non-hydrogen) atoms. The zero-order valence-corrected chi connectivity index (χ0v) is 31.3. The van der Waals surface area contributed by atoms with E-state index in [0.29, 0.717) is 5.95 Å². The second-order valence-electron chi connectivity index (χ2n) is 14.9. The molecule has 10 aromatic rings. The number of ether oxygens (including phenoxy) is 1. The second-order valence-corrected chi connectivity index (χ2v) is 14.9. The third kappa shape index (κ3) is 4.64. The zero-order chi connectivity index (χ0) is 38.2. The summed E-state index contributed by atoms with van der Waals surface area (Å²) in [5, 5.41) is 2.22. The van der Waals surface area contributed by atoms with E-state index in [4.69, 9.17) is 14.7 Å². The third-order valence-electron chi connectivity index (χ3n) is 11.9. The van der Waals surface area contributed by atoms with Gasteiger partial charge in [-0.25, -0.2) is 9.97 Å². The number of hydrogen-bond acceptors (Lipinski definition) is 4. The molecule has 0 saturated carbocycles. The molecule has 272 valence electrons. The van der Waals surface area contributed by atoms with Crippen molar-refractivity contribution in [3.05, 3.63) is 229 Å². The normalized spacial score (nSPS) is 13.4. The highest BCUT2D eigenvalue weighted by molar-refractivity contribution is 6.10. The van der Waals surface area contributed by atoms with E-state index in [9.17, 15) is 0 Å². The average molecular weight is 743 g/mol. The molecular weight excluding hydrogens is 709 g/mol. The first-order valence-electron chi connectivity index (χ1n) is 19.7. The molecule has 1 spiro atoms. The Labute approximate surface area is 335 Å². The number of fused-ring (bicyclic) bond motifs is 11. The number of hydrogen-bond donors (Lipinski definition) is 0. The maximum atomic E-state index is 7.06. The molecule has 8 aromatic carbocycles. The maximum Gasteiger partial charge on any atom is 0.235 e. The van der Waals surface area contributed by atoms with Crippen LogP contribution in [0.5, 0.6) is 11.5 Å². The first-order valence-corrected chi connectivity index (χ1v) is 19.7. The molecule has 0 saturated heterocycles. The van der Waals surface area contributed by atoms with E-state index in [1.807, 2.05) is 12.1 Å². The van der Waals surface area contributed by atoms with Crippen molar-refractivity contribution in [1.82, 2.24) is 14.5 Å². The fourth-order valence-electron chi connectivity index (χ4n) is 9.45. The van der Waals surface area contributed by atoms with E-state index in [-0.39, 0.29) is 0 Å². The Morgan fingerprint density at radius 1 is 0.397 bits per heavy atom. The summed E-state index contributed by atoms with van der Waals surface area (Å²) in [6.45, 7) is 0. The summed E-state index contributed by atoms with van der Waals surface area (Å²) in [6, 6.07) is 72.9. The standard InChI is InChI=1S/C53H34N4O/c1-4-18-35(19-5-1)44-33-45(36-20-6-2-7-21-36)55-52(54-44)57-46-28-14-10-24-38(46)39-32-43-51(34-49(39)57)58-50-31-17-13-27-42(50)53(43)40-25-11-15-29-47(40)56(37-22-8-3-9-23-37)48-30-16-12-26-41(48)53/h1-34H. The number of nitrogens with zero attached hydrogens (tertiary/aromatic N) is 4. The van der Waals surface area contributed by atoms with Gasteiger partial charge in [-0.15, -0.1) is 0 Å². The zero-order valence-electron chi connectivity index (χ0n) is 31.3. The van der Waals surface area contributed by atoms with Crippen molar-refractivity contribution < 1.29 is 4.74 Å². The molecule has 5 nitrogen and oxygen atoms in total. The lowest BCUT2D eigenvalue weighted by atomic mass is 9.61. The van der Waals surface area contributed by atoms with Crippen LogP contribution >= 0.6 is 0 Å². The summed E-state index contributed by atoms with van der Waals surface area (Å²) in [4.78, 5) is 13.0. The van der Waals surface area contributed by atoms with Gasteiger partial charge in [-0.05, 0) is 59.7 Å². The van der Waals surface area contributed by atoms with Crippen molar-refractivity contribution >= 4 is 38.9 Å². The van der Waals surface area contributed by atoms with E-state index in [1.165, 1.54) is 11.1 Å². The highest BCUT2D eigenvalue weighted by Gasteiger charge is 2.51. The first-order chi connectivity index (χ1) is 28.8. The summed E-state index contributed by atoms with van der Waals surface area (Å²) in [5.41, 5.74) is 13.1. The van der Waals surface area contributed by atoms with Gasteiger partial charge in [-0.2, -0.15) is 0 Å². The summed E-state index contributed by atoms with van der Waals surface area (Å²) in [6.07, 6.45) is 0. The third-order valence-corrected chi connectivity index (χ3v) is 11.9. The van der Waals surface area contributed by atoms with Crippen LogP contribution in [0, 0.1) is 0 Å². The van der Waals surface area contributed by atoms with Crippen LogP contribution in [0.3, 0.4) is 0 Å². The number of rotatable bonds is 4. The van der Waals surface area contributed by atoms with Crippen LogP contribution in [0.15, 0.2) is 206 Å². The quantitative estimate of drug-likeness (QED) is 0.180. The monoisotopic (exact) mass is 742 g/mol. The molecule has 2 aromatic heterocycles. The van der Waals surface area contributed by atoms with Crippen molar-refractivity contribution in [1.29, 1.82) is 0 Å². The molecule has 0 radical (unpaired) electrons.